The van der Waals surface area contributed by atoms with E-state index in [0.29, 0.717) is 18.1 Å². The molecule has 5 rings (SSSR count). The Labute approximate surface area is 226 Å². The zero-order valence-electron chi connectivity index (χ0n) is 22.3. The number of hydrogen-bond donors (Lipinski definition) is 1. The van der Waals surface area contributed by atoms with Gasteiger partial charge in [-0.1, -0.05) is 57.5 Å². The van der Waals surface area contributed by atoms with Crippen molar-refractivity contribution in [2.45, 2.75) is 46.5 Å². The molecule has 1 atom stereocenters. The third-order valence-corrected chi connectivity index (χ3v) is 8.08. The molecule has 37 heavy (non-hydrogen) atoms. The number of allylic oxidation sites excluding steroid dienone is 2. The summed E-state index contributed by atoms with van der Waals surface area (Å²) in [5.41, 5.74) is 6.32. The number of halogens is 1. The van der Waals surface area contributed by atoms with E-state index in [4.69, 9.17) is 16.6 Å². The molecule has 1 aromatic carbocycles. The van der Waals surface area contributed by atoms with Crippen molar-refractivity contribution in [3.63, 3.8) is 0 Å². The van der Waals surface area contributed by atoms with Gasteiger partial charge in [0.05, 0.1) is 30.2 Å². The second-order valence-corrected chi connectivity index (χ2v) is 11.0. The van der Waals surface area contributed by atoms with Crippen LogP contribution in [0.5, 0.6) is 0 Å². The van der Waals surface area contributed by atoms with Crippen LogP contribution in [0, 0.1) is 5.92 Å². The lowest BCUT2D eigenvalue weighted by atomic mass is 9.76. The first-order valence-electron chi connectivity index (χ1n) is 13.0. The van der Waals surface area contributed by atoms with E-state index < -0.39 is 10.0 Å². The minimum atomic E-state index is -3.18. The Morgan fingerprint density at radius 2 is 1.81 bits per heavy atom. The second kappa shape index (κ2) is 13.2. The summed E-state index contributed by atoms with van der Waals surface area (Å²) in [6, 6.07) is 10.1. The van der Waals surface area contributed by atoms with Gasteiger partial charge >= 0.3 is 0 Å². The van der Waals surface area contributed by atoms with Crippen LogP contribution in [-0.4, -0.2) is 47.0 Å². The molecule has 0 radical (unpaired) electrons. The molecule has 0 amide bonds. The number of rotatable bonds is 4. The maximum absolute atomic E-state index is 12.0. The number of pyridine rings is 1. The van der Waals surface area contributed by atoms with E-state index in [-0.39, 0.29) is 11.8 Å². The van der Waals surface area contributed by atoms with Crippen LogP contribution < -0.4 is 0 Å². The van der Waals surface area contributed by atoms with Gasteiger partial charge in [0.1, 0.15) is 0 Å². The van der Waals surface area contributed by atoms with Crippen LogP contribution in [0.4, 0.5) is 0 Å². The summed E-state index contributed by atoms with van der Waals surface area (Å²) in [4.78, 5) is 12.1. The first kappa shape index (κ1) is 28.8. The van der Waals surface area contributed by atoms with Crippen molar-refractivity contribution in [2.75, 3.05) is 19.3 Å². The molecule has 0 saturated carbocycles. The zero-order valence-corrected chi connectivity index (χ0v) is 23.9. The van der Waals surface area contributed by atoms with Crippen LogP contribution in [0.2, 0.25) is 5.02 Å². The molecule has 0 spiro atoms. The molecule has 1 N–H and O–H groups in total. The number of H-pyrrole nitrogens is 1. The minimum absolute atomic E-state index is 0.0597. The first-order valence-corrected chi connectivity index (χ1v) is 15.2. The van der Waals surface area contributed by atoms with Gasteiger partial charge in [-0.15, -0.1) is 0 Å². The van der Waals surface area contributed by atoms with E-state index in [0.717, 1.165) is 40.9 Å². The van der Waals surface area contributed by atoms with Crippen molar-refractivity contribution >= 4 is 39.3 Å². The number of hydrogen-bond acceptors (Lipinski definition) is 4. The quantitative estimate of drug-likeness (QED) is 0.391. The predicted molar refractivity (Wildman–Crippen MR) is 155 cm³/mol. The molecule has 1 fully saturated rings. The fourth-order valence-electron chi connectivity index (χ4n) is 4.95. The van der Waals surface area contributed by atoms with Gasteiger partial charge in [-0.25, -0.2) is 17.7 Å². The lowest BCUT2D eigenvalue weighted by molar-refractivity contribution is 0.256. The van der Waals surface area contributed by atoms with Crippen LogP contribution in [0.15, 0.2) is 55.1 Å². The summed E-state index contributed by atoms with van der Waals surface area (Å²) in [7, 11) is -3.18. The largest absolute Gasteiger partial charge is 0.345 e. The number of aromatic amines is 1. The number of sulfonamides is 1. The van der Waals surface area contributed by atoms with Crippen molar-refractivity contribution in [1.29, 1.82) is 0 Å². The molecule has 8 heteroatoms. The lowest BCUT2D eigenvalue weighted by Gasteiger charge is -2.35. The lowest BCUT2D eigenvalue weighted by Crippen LogP contribution is -2.39. The Hall–Kier alpha value is -2.74. The third-order valence-electron chi connectivity index (χ3n) is 6.54. The summed E-state index contributed by atoms with van der Waals surface area (Å²) in [5, 5.41) is 0.687. The van der Waals surface area contributed by atoms with Gasteiger partial charge in [0.15, 0.2) is 0 Å². The molecule has 1 aliphatic carbocycles. The molecule has 1 saturated heterocycles. The molecular formula is C29H37ClN4O2S. The smallest absolute Gasteiger partial charge is 0.211 e. The third kappa shape index (κ3) is 6.78. The summed E-state index contributed by atoms with van der Waals surface area (Å²) in [5.74, 6) is 0.338. The van der Waals surface area contributed by atoms with Crippen molar-refractivity contribution in [2.24, 2.45) is 5.92 Å². The molecular weight excluding hydrogens is 504 g/mol. The Balaban J connectivity index is 0.000000907. The van der Waals surface area contributed by atoms with Crippen molar-refractivity contribution < 1.29 is 8.42 Å². The molecule has 0 bridgehead atoms. The fourth-order valence-corrected chi connectivity index (χ4v) is 6.00. The number of piperidine rings is 1. The van der Waals surface area contributed by atoms with Gasteiger partial charge < -0.3 is 4.98 Å². The number of aromatic nitrogens is 3. The van der Waals surface area contributed by atoms with Gasteiger partial charge in [0.25, 0.3) is 0 Å². The van der Waals surface area contributed by atoms with Crippen LogP contribution in [0.25, 0.3) is 17.7 Å². The normalized spacial score (nSPS) is 17.9. The molecule has 1 aliphatic heterocycles. The predicted octanol–water partition coefficient (Wildman–Crippen LogP) is 6.88. The summed E-state index contributed by atoms with van der Waals surface area (Å²) < 4.78 is 25.7. The highest BCUT2D eigenvalue weighted by Gasteiger charge is 2.35. The highest BCUT2D eigenvalue weighted by Crippen LogP contribution is 2.45. The Bertz CT molecular complexity index is 1330. The monoisotopic (exact) mass is 540 g/mol. The average Bonchev–Trinajstić information content (AvgIpc) is 3.40. The topological polar surface area (TPSA) is 79.0 Å². The highest BCUT2D eigenvalue weighted by atomic mass is 35.5. The van der Waals surface area contributed by atoms with Gasteiger partial charge in [-0.05, 0) is 65.8 Å². The maximum atomic E-state index is 12.0. The Kier molecular flexibility index (Phi) is 10.3. The molecule has 1 unspecified atom stereocenters. The summed E-state index contributed by atoms with van der Waals surface area (Å²) in [6.07, 6.45) is 14.4. The van der Waals surface area contributed by atoms with E-state index in [1.807, 2.05) is 58.2 Å². The molecule has 2 aromatic heterocycles. The van der Waals surface area contributed by atoms with Crippen LogP contribution in [-0.2, 0) is 10.0 Å². The van der Waals surface area contributed by atoms with Gasteiger partial charge in [-0.3, -0.25) is 4.98 Å². The van der Waals surface area contributed by atoms with Crippen LogP contribution in [0.1, 0.15) is 74.5 Å². The van der Waals surface area contributed by atoms with Crippen LogP contribution >= 0.6 is 11.6 Å². The fraction of sp³-hybridized carbons (Fsp3) is 0.379. The molecule has 3 aromatic rings. The number of fused-ring (bicyclic) bond motifs is 2. The van der Waals surface area contributed by atoms with E-state index in [9.17, 15) is 8.42 Å². The van der Waals surface area contributed by atoms with Gasteiger partial charge in [0.2, 0.25) is 10.0 Å². The molecule has 6 nitrogen and oxygen atoms in total. The van der Waals surface area contributed by atoms with Crippen molar-refractivity contribution in [1.82, 2.24) is 19.3 Å². The minimum Gasteiger partial charge on any atom is -0.345 e. The van der Waals surface area contributed by atoms with Crippen molar-refractivity contribution in [3.8, 4) is 0 Å². The zero-order chi connectivity index (χ0) is 27.0. The number of nitrogens with zero attached hydrogens (tertiary/aromatic N) is 3. The van der Waals surface area contributed by atoms with Gasteiger partial charge in [0, 0.05) is 35.8 Å². The van der Waals surface area contributed by atoms with E-state index in [2.05, 4.69) is 34.3 Å². The Morgan fingerprint density at radius 1 is 1.08 bits per heavy atom. The standard InChI is InChI=1S/C25H25ClN4O2S.2C2H6/c1-33(31,32)30-11-8-17(9-12-30)24-22-7-5-20(26)14-19(22)13-18(4-6-21-15-27-16-29-21)23-3-2-10-28-25(23)24;2*1-2/h2-7,10,13-17,24H,8-9,11-12H2,1H3,(H,27,29);2*1-2H3/b6-4+;;. The number of benzene rings is 1. The average molecular weight is 541 g/mol. The SMILES string of the molecule is CC.CC.CS(=O)(=O)N1CCC(C2c3ccc(Cl)cc3C=C(/C=C/c3cnc[nH]3)c3cccnc32)CC1. The van der Waals surface area contributed by atoms with Crippen LogP contribution in [0.3, 0.4) is 0 Å². The summed E-state index contributed by atoms with van der Waals surface area (Å²) >= 11 is 6.40. The Morgan fingerprint density at radius 3 is 2.46 bits per heavy atom. The number of nitrogens with one attached hydrogen (secondary N) is 1. The van der Waals surface area contributed by atoms with E-state index in [1.54, 1.807) is 16.8 Å². The van der Waals surface area contributed by atoms with E-state index in [1.165, 1.54) is 11.8 Å². The summed E-state index contributed by atoms with van der Waals surface area (Å²) in [6.45, 7) is 9.07. The maximum Gasteiger partial charge on any atom is 0.211 e. The molecule has 2 aliphatic rings. The molecule has 198 valence electrons. The number of imidazole rings is 1. The van der Waals surface area contributed by atoms with Crippen molar-refractivity contribution in [3.05, 3.63) is 88.2 Å². The second-order valence-electron chi connectivity index (χ2n) is 8.63. The highest BCUT2D eigenvalue weighted by molar-refractivity contribution is 7.88. The van der Waals surface area contributed by atoms with Gasteiger partial charge in [-0.2, -0.15) is 0 Å². The molecule has 3 heterocycles. The van der Waals surface area contributed by atoms with E-state index >= 15 is 0 Å². The first-order chi connectivity index (χ1) is 17.9.